The minimum Gasteiger partial charge on any atom is -0.369 e. The maximum Gasteiger partial charge on any atom is 0.184 e. The summed E-state index contributed by atoms with van der Waals surface area (Å²) in [5.41, 5.74) is 11.7. The Morgan fingerprint density at radius 1 is 0.789 bits per heavy atom. The SMILES string of the molecule is CCc1nc2c(C)cc(C#CC(C)OC)nc2n1[C@H]1CCc2cc(-c3ccccc3-c3nnnn3C(c3ccccc3)(c3ccccc3)c3ccccc3)ccc21. The summed E-state index contributed by atoms with van der Waals surface area (Å²) < 4.78 is 9.74. The maximum absolute atomic E-state index is 5.37. The molecule has 9 rings (SSSR count). The second kappa shape index (κ2) is 15.1. The van der Waals surface area contributed by atoms with Gasteiger partial charge in [-0.15, -0.1) is 5.10 Å². The van der Waals surface area contributed by atoms with Gasteiger partial charge in [0.15, 0.2) is 11.5 Å². The summed E-state index contributed by atoms with van der Waals surface area (Å²) in [5.74, 6) is 8.11. The molecule has 5 aromatic carbocycles. The van der Waals surface area contributed by atoms with Crippen molar-refractivity contribution in [3.8, 4) is 34.4 Å². The number of benzene rings is 5. The van der Waals surface area contributed by atoms with Crippen molar-refractivity contribution in [2.45, 2.75) is 57.7 Å². The molecule has 1 aliphatic rings. The van der Waals surface area contributed by atoms with Crippen LogP contribution in [-0.4, -0.2) is 48.0 Å². The first-order chi connectivity index (χ1) is 28.0. The summed E-state index contributed by atoms with van der Waals surface area (Å²) in [7, 11) is 1.67. The van der Waals surface area contributed by atoms with E-state index < -0.39 is 5.54 Å². The highest BCUT2D eigenvalue weighted by molar-refractivity contribution is 5.82. The molecule has 8 nitrogen and oxygen atoms in total. The lowest BCUT2D eigenvalue weighted by molar-refractivity contribution is 0.163. The molecule has 0 amide bonds. The lowest BCUT2D eigenvalue weighted by Gasteiger charge is -2.36. The Labute approximate surface area is 333 Å². The molecule has 1 aliphatic carbocycles. The van der Waals surface area contributed by atoms with Crippen LogP contribution in [0.5, 0.6) is 0 Å². The van der Waals surface area contributed by atoms with Crippen LogP contribution in [0.25, 0.3) is 33.7 Å². The molecule has 0 saturated carbocycles. The topological polar surface area (TPSA) is 83.5 Å². The molecular weight excluding hydrogens is 703 g/mol. The van der Waals surface area contributed by atoms with Gasteiger partial charge in [0.25, 0.3) is 0 Å². The number of fused-ring (bicyclic) bond motifs is 2. The average molecular weight is 746 g/mol. The van der Waals surface area contributed by atoms with Gasteiger partial charge in [0.1, 0.15) is 28.7 Å². The molecule has 57 heavy (non-hydrogen) atoms. The van der Waals surface area contributed by atoms with Crippen molar-refractivity contribution in [3.63, 3.8) is 0 Å². The summed E-state index contributed by atoms with van der Waals surface area (Å²) in [6.07, 6.45) is 2.54. The number of methoxy groups -OCH3 is 1. The van der Waals surface area contributed by atoms with Crippen LogP contribution in [0.2, 0.25) is 0 Å². The molecule has 8 aromatic rings. The van der Waals surface area contributed by atoms with Gasteiger partial charge < -0.3 is 9.30 Å². The van der Waals surface area contributed by atoms with E-state index in [0.717, 1.165) is 80.9 Å². The van der Waals surface area contributed by atoms with Crippen molar-refractivity contribution in [3.05, 3.63) is 184 Å². The van der Waals surface area contributed by atoms with Crippen LogP contribution in [-0.2, 0) is 23.1 Å². The molecule has 3 heterocycles. The highest BCUT2D eigenvalue weighted by atomic mass is 16.5. The minimum absolute atomic E-state index is 0.118. The summed E-state index contributed by atoms with van der Waals surface area (Å²) in [6, 6.07) is 49.1. The zero-order valence-electron chi connectivity index (χ0n) is 32.6. The van der Waals surface area contributed by atoms with Crippen molar-refractivity contribution in [1.29, 1.82) is 0 Å². The van der Waals surface area contributed by atoms with Crippen LogP contribution in [0, 0.1) is 18.8 Å². The second-order valence-electron chi connectivity index (χ2n) is 14.6. The zero-order valence-corrected chi connectivity index (χ0v) is 32.6. The fraction of sp³-hybridized carbons (Fsp3) is 0.204. The van der Waals surface area contributed by atoms with E-state index in [2.05, 4.69) is 151 Å². The standard InChI is InChI=1S/C49H43N7O/c1-5-45-51-46-33(2)31-40(28-25-34(3)57-4)50-48(46)55(45)44-30-27-36-32-35(26-29-42(36)44)41-23-15-16-24-43(41)47-52-53-54-56(47)49(37-17-9-6-10-18-37,38-19-11-7-12-20-38)39-21-13-8-14-22-39/h6-24,26,29,31-32,34,44H,5,27,30H2,1-4H3/t34?,44-/m0/s1. The van der Waals surface area contributed by atoms with Gasteiger partial charge in [-0.1, -0.05) is 146 Å². The monoisotopic (exact) mass is 745 g/mol. The fourth-order valence-electron chi connectivity index (χ4n) is 8.58. The Bertz CT molecular complexity index is 2670. The van der Waals surface area contributed by atoms with E-state index in [9.17, 15) is 0 Å². The molecule has 0 saturated heterocycles. The summed E-state index contributed by atoms with van der Waals surface area (Å²) in [6.45, 7) is 6.20. The van der Waals surface area contributed by atoms with Crippen LogP contribution in [0.15, 0.2) is 140 Å². The summed E-state index contributed by atoms with van der Waals surface area (Å²) >= 11 is 0. The zero-order chi connectivity index (χ0) is 38.9. The largest absolute Gasteiger partial charge is 0.369 e. The van der Waals surface area contributed by atoms with Crippen LogP contribution < -0.4 is 0 Å². The van der Waals surface area contributed by atoms with E-state index in [1.165, 1.54) is 11.1 Å². The maximum atomic E-state index is 5.37. The third-order valence-corrected chi connectivity index (χ3v) is 11.3. The highest BCUT2D eigenvalue weighted by Gasteiger charge is 2.42. The number of rotatable bonds is 9. The lowest BCUT2D eigenvalue weighted by Crippen LogP contribution is -2.39. The number of hydrogen-bond acceptors (Lipinski definition) is 6. The molecule has 1 unspecified atom stereocenters. The van der Waals surface area contributed by atoms with Gasteiger partial charge in [0.05, 0.1) is 6.04 Å². The quantitative estimate of drug-likeness (QED) is 0.108. The van der Waals surface area contributed by atoms with Gasteiger partial charge in [0.2, 0.25) is 0 Å². The first kappa shape index (κ1) is 36.0. The number of hydrogen-bond donors (Lipinski definition) is 0. The first-order valence-corrected chi connectivity index (χ1v) is 19.6. The third kappa shape index (κ3) is 6.21. The smallest absolute Gasteiger partial charge is 0.184 e. The normalized spacial score (nSPS) is 14.3. The van der Waals surface area contributed by atoms with Gasteiger partial charge in [-0.2, -0.15) is 0 Å². The molecule has 0 fully saturated rings. The summed E-state index contributed by atoms with van der Waals surface area (Å²) in [5, 5.41) is 14.0. The molecule has 0 aliphatic heterocycles. The number of nitrogens with zero attached hydrogens (tertiary/aromatic N) is 7. The molecule has 0 bridgehead atoms. The lowest BCUT2D eigenvalue weighted by atomic mass is 9.77. The van der Waals surface area contributed by atoms with Gasteiger partial charge >= 0.3 is 0 Å². The van der Waals surface area contributed by atoms with E-state index in [0.29, 0.717) is 5.82 Å². The van der Waals surface area contributed by atoms with E-state index in [4.69, 9.17) is 25.0 Å². The number of imidazole rings is 1. The number of ether oxygens (including phenoxy) is 1. The van der Waals surface area contributed by atoms with E-state index >= 15 is 0 Å². The predicted octanol–water partition coefficient (Wildman–Crippen LogP) is 9.38. The van der Waals surface area contributed by atoms with Crippen molar-refractivity contribution >= 4 is 11.2 Å². The Kier molecular flexibility index (Phi) is 9.53. The van der Waals surface area contributed by atoms with Gasteiger partial charge in [-0.25, -0.2) is 14.6 Å². The molecule has 0 N–H and O–H groups in total. The van der Waals surface area contributed by atoms with Gasteiger partial charge in [-0.05, 0) is 93.6 Å². The number of pyridine rings is 1. The summed E-state index contributed by atoms with van der Waals surface area (Å²) in [4.78, 5) is 10.2. The predicted molar refractivity (Wildman–Crippen MR) is 225 cm³/mol. The van der Waals surface area contributed by atoms with E-state index in [1.54, 1.807) is 7.11 Å². The molecule has 0 spiro atoms. The molecular formula is C49H43N7O. The van der Waals surface area contributed by atoms with Gasteiger partial charge in [0, 0.05) is 19.1 Å². The Morgan fingerprint density at radius 3 is 2.05 bits per heavy atom. The first-order valence-electron chi connectivity index (χ1n) is 19.6. The highest BCUT2D eigenvalue weighted by Crippen LogP contribution is 2.45. The number of aromatic nitrogens is 7. The fourth-order valence-corrected chi connectivity index (χ4v) is 8.58. The van der Waals surface area contributed by atoms with Crippen molar-refractivity contribution in [2.24, 2.45) is 0 Å². The Hall–Kier alpha value is -6.69. The van der Waals surface area contributed by atoms with E-state index in [-0.39, 0.29) is 12.1 Å². The van der Waals surface area contributed by atoms with E-state index in [1.807, 2.05) is 35.9 Å². The van der Waals surface area contributed by atoms with Crippen molar-refractivity contribution in [1.82, 2.24) is 34.7 Å². The third-order valence-electron chi connectivity index (χ3n) is 11.3. The van der Waals surface area contributed by atoms with Crippen LogP contribution in [0.3, 0.4) is 0 Å². The molecule has 280 valence electrons. The average Bonchev–Trinajstić information content (AvgIpc) is 4.02. The number of aryl methyl sites for hydroxylation is 3. The molecule has 8 heteroatoms. The van der Waals surface area contributed by atoms with Crippen LogP contribution in [0.4, 0.5) is 0 Å². The van der Waals surface area contributed by atoms with Crippen molar-refractivity contribution < 1.29 is 4.74 Å². The number of tetrazole rings is 1. The van der Waals surface area contributed by atoms with Crippen molar-refractivity contribution in [2.75, 3.05) is 7.11 Å². The van der Waals surface area contributed by atoms with Gasteiger partial charge in [-0.3, -0.25) is 0 Å². The second-order valence-corrected chi connectivity index (χ2v) is 14.6. The molecule has 3 aromatic heterocycles. The Morgan fingerprint density at radius 2 is 1.42 bits per heavy atom. The molecule has 0 radical (unpaired) electrons. The van der Waals surface area contributed by atoms with Crippen LogP contribution >= 0.6 is 0 Å². The van der Waals surface area contributed by atoms with Crippen LogP contribution in [0.1, 0.15) is 71.2 Å². The Balaban J connectivity index is 1.16. The molecule has 2 atom stereocenters. The minimum atomic E-state index is -0.856.